The van der Waals surface area contributed by atoms with Crippen LogP contribution in [0.5, 0.6) is 0 Å². The third-order valence-electron chi connectivity index (χ3n) is 5.11. The number of hydrogen-bond acceptors (Lipinski definition) is 13. The fourth-order valence-electron chi connectivity index (χ4n) is 3.21. The number of aliphatic carboxylic acids is 1. The molecule has 2 heterocycles. The summed E-state index contributed by atoms with van der Waals surface area (Å²) in [5.41, 5.74) is 7.89. The first-order chi connectivity index (χ1) is 16.3. The normalized spacial score (nSPS) is 25.3. The van der Waals surface area contributed by atoms with Crippen LogP contribution in [0.25, 0.3) is 0 Å². The molecule has 0 unspecified atom stereocenters. The molecule has 0 aliphatic carbocycles. The maximum absolute atomic E-state index is 12.4. The molecule has 0 saturated carbocycles. The van der Waals surface area contributed by atoms with Crippen molar-refractivity contribution >= 4 is 18.0 Å². The van der Waals surface area contributed by atoms with Gasteiger partial charge in [0, 0.05) is 6.20 Å². The van der Waals surface area contributed by atoms with Crippen molar-refractivity contribution in [3.8, 4) is 0 Å². The molecule has 8 atom stereocenters. The maximum atomic E-state index is 12.4. The van der Waals surface area contributed by atoms with Gasteiger partial charge >= 0.3 is 17.8 Å². The van der Waals surface area contributed by atoms with Gasteiger partial charge < -0.3 is 56.9 Å². The van der Waals surface area contributed by atoms with E-state index in [4.69, 9.17) is 16.2 Å². The van der Waals surface area contributed by atoms with E-state index in [9.17, 15) is 54.6 Å². The van der Waals surface area contributed by atoms with E-state index in [1.54, 1.807) is 0 Å². The van der Waals surface area contributed by atoms with Crippen molar-refractivity contribution in [2.24, 2.45) is 11.5 Å². The average Bonchev–Trinajstić information content (AvgIpc) is 3.08. The summed E-state index contributed by atoms with van der Waals surface area (Å²) < 4.78 is 10.2. The first kappa shape index (κ1) is 27.9. The Balaban J connectivity index is 2.22. The number of nitrogens with two attached hydrogens (primary N) is 2. The van der Waals surface area contributed by atoms with E-state index in [1.807, 2.05) is 10.3 Å². The van der Waals surface area contributed by atoms with Gasteiger partial charge in [-0.25, -0.2) is 14.4 Å². The number of nitrogens with zero attached hydrogens (tertiary/aromatic N) is 1. The predicted molar refractivity (Wildman–Crippen MR) is 108 cm³/mol. The number of carboxylic acids is 1. The van der Waals surface area contributed by atoms with Crippen LogP contribution < -0.4 is 28.0 Å². The number of carbonyl (C=O) groups is 3. The molecule has 1 aliphatic heterocycles. The molecular formula is C17H25N5O13. The van der Waals surface area contributed by atoms with Crippen molar-refractivity contribution in [3.63, 3.8) is 0 Å². The van der Waals surface area contributed by atoms with E-state index in [0.29, 0.717) is 4.57 Å². The lowest BCUT2D eigenvalue weighted by Gasteiger charge is -2.27. The quantitative estimate of drug-likeness (QED) is 0.141. The first-order valence-corrected chi connectivity index (χ1v) is 9.84. The van der Waals surface area contributed by atoms with Crippen LogP contribution in [0.1, 0.15) is 11.8 Å². The monoisotopic (exact) mass is 507 g/mol. The zero-order valence-electron chi connectivity index (χ0n) is 17.8. The summed E-state index contributed by atoms with van der Waals surface area (Å²) in [5, 5.41) is 61.0. The maximum Gasteiger partial charge on any atom is 0.404 e. The molecular weight excluding hydrogens is 482 g/mol. The van der Waals surface area contributed by atoms with Crippen molar-refractivity contribution in [2.45, 2.75) is 55.4 Å². The van der Waals surface area contributed by atoms with Gasteiger partial charge in [0.1, 0.15) is 43.2 Å². The van der Waals surface area contributed by atoms with Gasteiger partial charge in [-0.1, -0.05) is 0 Å². The molecule has 18 heteroatoms. The van der Waals surface area contributed by atoms with Crippen molar-refractivity contribution in [1.82, 2.24) is 14.9 Å². The topological polar surface area (TPSA) is 310 Å². The van der Waals surface area contributed by atoms with Crippen molar-refractivity contribution in [3.05, 3.63) is 32.6 Å². The number of aliphatic hydroxyl groups is 5. The second kappa shape index (κ2) is 11.4. The number of rotatable bonds is 10. The molecule has 2 amide bonds. The van der Waals surface area contributed by atoms with E-state index < -0.39 is 91.3 Å². The summed E-state index contributed by atoms with van der Waals surface area (Å²) in [4.78, 5) is 60.3. The van der Waals surface area contributed by atoms with Gasteiger partial charge in [0.05, 0.1) is 12.2 Å². The predicted octanol–water partition coefficient (Wildman–Crippen LogP) is -6.64. The molecule has 18 nitrogen and oxygen atoms in total. The molecule has 12 N–H and O–H groups in total. The van der Waals surface area contributed by atoms with Gasteiger partial charge in [-0.3, -0.25) is 19.1 Å². The number of aromatic amines is 1. The first-order valence-electron chi connectivity index (χ1n) is 9.84. The van der Waals surface area contributed by atoms with Gasteiger partial charge in [0.15, 0.2) is 12.3 Å². The Hall–Kier alpha value is -3.39. The molecule has 0 aromatic carbocycles. The van der Waals surface area contributed by atoms with Crippen LogP contribution in [0.2, 0.25) is 0 Å². The lowest BCUT2D eigenvalue weighted by molar-refractivity contribution is -0.150. The van der Waals surface area contributed by atoms with Gasteiger partial charge in [0.25, 0.3) is 5.56 Å². The summed E-state index contributed by atoms with van der Waals surface area (Å²) in [6.07, 6.45) is -11.9. The summed E-state index contributed by atoms with van der Waals surface area (Å²) in [7, 11) is 0. The van der Waals surface area contributed by atoms with E-state index in [0.717, 1.165) is 6.20 Å². The Labute approximate surface area is 194 Å². The number of nitrogens with one attached hydrogen (secondary N) is 2. The third-order valence-corrected chi connectivity index (χ3v) is 5.11. The molecule has 1 fully saturated rings. The van der Waals surface area contributed by atoms with Gasteiger partial charge in [0.2, 0.25) is 5.91 Å². The second-order valence-corrected chi connectivity index (χ2v) is 7.49. The Kier molecular flexibility index (Phi) is 9.04. The Morgan fingerprint density at radius 2 is 1.86 bits per heavy atom. The van der Waals surface area contributed by atoms with Crippen LogP contribution in [-0.4, -0.2) is 107 Å². The number of ether oxygens (including phenoxy) is 2. The SMILES string of the molecule is NC(=O)OC[C@@H](O)[C@H](O)[C@@H](N)C(=O)N[C@@H](C(=O)O)[C@@H]1O[C@H](n2cc(CO)c(=O)[nH]c2=O)[C@@H](O)[C@H]1O. The number of hydrogen-bond donors (Lipinski definition) is 10. The van der Waals surface area contributed by atoms with Crippen LogP contribution in [-0.2, 0) is 25.7 Å². The van der Waals surface area contributed by atoms with Crippen LogP contribution in [0.4, 0.5) is 4.79 Å². The summed E-state index contributed by atoms with van der Waals surface area (Å²) in [6.45, 7) is -1.63. The molecule has 1 saturated heterocycles. The highest BCUT2D eigenvalue weighted by atomic mass is 16.6. The smallest absolute Gasteiger partial charge is 0.404 e. The fraction of sp³-hybridized carbons (Fsp3) is 0.588. The summed E-state index contributed by atoms with van der Waals surface area (Å²) in [6, 6.07) is -4.05. The third kappa shape index (κ3) is 6.19. The summed E-state index contributed by atoms with van der Waals surface area (Å²) >= 11 is 0. The minimum absolute atomic E-state index is 0.305. The summed E-state index contributed by atoms with van der Waals surface area (Å²) in [5.74, 6) is -3.13. The number of aliphatic hydroxyl groups excluding tert-OH is 5. The lowest BCUT2D eigenvalue weighted by Crippen LogP contribution is -2.60. The van der Waals surface area contributed by atoms with E-state index >= 15 is 0 Å². The number of amides is 2. The minimum atomic E-state index is -2.09. The number of primary amides is 1. The van der Waals surface area contributed by atoms with Gasteiger partial charge in [-0.05, 0) is 0 Å². The highest BCUT2D eigenvalue weighted by Gasteiger charge is 2.50. The largest absolute Gasteiger partial charge is 0.480 e. The molecule has 35 heavy (non-hydrogen) atoms. The standard InChI is InChI=1S/C17H25N5O13/c18-6(8(25)5(24)3-34-16(19)32)13(29)20-7(15(30)31)11-9(26)10(27)14(35-11)22-1-4(2-23)12(28)21-17(22)33/h1,5-11,14,23-27H,2-3,18H2,(H2,19,32)(H,20,29)(H,30,31)(H,21,28,33)/t5-,6-,7-,8+,9-,10+,11+,14+/m1/s1. The van der Waals surface area contributed by atoms with E-state index in [2.05, 4.69) is 4.74 Å². The van der Waals surface area contributed by atoms with Crippen LogP contribution in [0.15, 0.2) is 15.8 Å². The highest BCUT2D eigenvalue weighted by molar-refractivity contribution is 5.87. The molecule has 1 aromatic heterocycles. The number of H-pyrrole nitrogens is 1. The van der Waals surface area contributed by atoms with E-state index in [1.165, 1.54) is 0 Å². The Morgan fingerprint density at radius 3 is 2.40 bits per heavy atom. The molecule has 0 bridgehead atoms. The number of carbonyl (C=O) groups excluding carboxylic acids is 2. The zero-order valence-corrected chi connectivity index (χ0v) is 17.8. The van der Waals surface area contributed by atoms with Gasteiger partial charge in [-0.15, -0.1) is 0 Å². The van der Waals surface area contributed by atoms with Crippen LogP contribution in [0.3, 0.4) is 0 Å². The van der Waals surface area contributed by atoms with Crippen LogP contribution in [0, 0.1) is 0 Å². The molecule has 0 spiro atoms. The molecule has 1 aliphatic rings. The number of carboxylic acid groups (broad SMARTS) is 1. The Morgan fingerprint density at radius 1 is 1.23 bits per heavy atom. The van der Waals surface area contributed by atoms with Crippen molar-refractivity contribution in [2.75, 3.05) is 6.61 Å². The average molecular weight is 507 g/mol. The second-order valence-electron chi connectivity index (χ2n) is 7.49. The number of aromatic nitrogens is 2. The van der Waals surface area contributed by atoms with Crippen LogP contribution >= 0.6 is 0 Å². The zero-order chi connectivity index (χ0) is 26.6. The molecule has 1 aromatic rings. The molecule has 2 rings (SSSR count). The van der Waals surface area contributed by atoms with Crippen molar-refractivity contribution < 1.29 is 54.5 Å². The van der Waals surface area contributed by atoms with Gasteiger partial charge in [-0.2, -0.15) is 0 Å². The molecule has 0 radical (unpaired) electrons. The highest BCUT2D eigenvalue weighted by Crippen LogP contribution is 2.30. The molecule has 196 valence electrons. The Bertz CT molecular complexity index is 1060. The minimum Gasteiger partial charge on any atom is -0.480 e. The fourth-order valence-corrected chi connectivity index (χ4v) is 3.21. The lowest BCUT2D eigenvalue weighted by atomic mass is 10.0. The van der Waals surface area contributed by atoms with Crippen molar-refractivity contribution in [1.29, 1.82) is 0 Å². The van der Waals surface area contributed by atoms with E-state index in [-0.39, 0.29) is 5.56 Å².